The molecule has 0 amide bonds. The Morgan fingerprint density at radius 3 is 2.48 bits per heavy atom. The van der Waals surface area contributed by atoms with Gasteiger partial charge in [0.25, 0.3) is 0 Å². The van der Waals surface area contributed by atoms with Crippen LogP contribution in [0.1, 0.15) is 30.8 Å². The molecule has 2 aromatic rings. The lowest BCUT2D eigenvalue weighted by atomic mass is 10.0. The Morgan fingerprint density at radius 2 is 1.87 bits per heavy atom. The maximum atomic E-state index is 4.78. The molecule has 3 rings (SSSR count). The van der Waals surface area contributed by atoms with Crippen LogP contribution in [0.5, 0.6) is 0 Å². The summed E-state index contributed by atoms with van der Waals surface area (Å²) >= 11 is 7.01. The standard InChI is InChI=1S/C19H22Br2N2/c1-12-15(10-16-17(11-18(20)21)19(16,3)4)13(2)23(22-12)14-8-6-5-7-9-14/h5-9,11,16-17H,10H2,1-4H3/t16-,17+/m1/s1. The molecule has 0 bridgehead atoms. The molecular formula is C19H22Br2N2. The Bertz CT molecular complexity index is 740. The van der Waals surface area contributed by atoms with E-state index < -0.39 is 0 Å². The van der Waals surface area contributed by atoms with E-state index in [4.69, 9.17) is 5.10 Å². The molecule has 1 saturated carbocycles. The van der Waals surface area contributed by atoms with Crippen molar-refractivity contribution < 1.29 is 0 Å². The van der Waals surface area contributed by atoms with Gasteiger partial charge in [-0.25, -0.2) is 4.68 Å². The summed E-state index contributed by atoms with van der Waals surface area (Å²) < 4.78 is 3.13. The monoisotopic (exact) mass is 436 g/mol. The smallest absolute Gasteiger partial charge is 0.0648 e. The fourth-order valence-corrected chi connectivity index (χ4v) is 4.22. The van der Waals surface area contributed by atoms with Crippen LogP contribution in [0.25, 0.3) is 5.69 Å². The number of aryl methyl sites for hydroxylation is 1. The predicted molar refractivity (Wildman–Crippen MR) is 103 cm³/mol. The van der Waals surface area contributed by atoms with Crippen molar-refractivity contribution in [3.05, 3.63) is 56.8 Å². The van der Waals surface area contributed by atoms with Crippen molar-refractivity contribution >= 4 is 31.9 Å². The third-order valence-corrected chi connectivity index (χ3v) is 5.84. The fourth-order valence-electron chi connectivity index (χ4n) is 3.65. The molecule has 1 aromatic heterocycles. The van der Waals surface area contributed by atoms with Gasteiger partial charge in [0.05, 0.1) is 14.8 Å². The molecule has 4 heteroatoms. The highest BCUT2D eigenvalue weighted by atomic mass is 79.9. The van der Waals surface area contributed by atoms with Crippen molar-refractivity contribution in [2.45, 2.75) is 34.1 Å². The van der Waals surface area contributed by atoms with E-state index >= 15 is 0 Å². The second-order valence-corrected chi connectivity index (χ2v) is 9.78. The zero-order valence-electron chi connectivity index (χ0n) is 14.0. The summed E-state index contributed by atoms with van der Waals surface area (Å²) in [6.45, 7) is 9.02. The number of allylic oxidation sites excluding steroid dienone is 1. The number of para-hydroxylation sites is 1. The van der Waals surface area contributed by atoms with Gasteiger partial charge in [0.15, 0.2) is 0 Å². The lowest BCUT2D eigenvalue weighted by Crippen LogP contribution is -2.00. The lowest BCUT2D eigenvalue weighted by Gasteiger charge is -2.06. The first-order valence-electron chi connectivity index (χ1n) is 7.95. The van der Waals surface area contributed by atoms with Gasteiger partial charge in [0.1, 0.15) is 0 Å². The highest BCUT2D eigenvalue weighted by Gasteiger charge is 2.56. The van der Waals surface area contributed by atoms with Crippen LogP contribution in [0, 0.1) is 31.1 Å². The Morgan fingerprint density at radius 1 is 1.22 bits per heavy atom. The van der Waals surface area contributed by atoms with Crippen molar-refractivity contribution in [2.24, 2.45) is 17.3 Å². The van der Waals surface area contributed by atoms with Crippen LogP contribution >= 0.6 is 31.9 Å². The average molecular weight is 438 g/mol. The van der Waals surface area contributed by atoms with Gasteiger partial charge >= 0.3 is 0 Å². The van der Waals surface area contributed by atoms with Crippen molar-refractivity contribution in [1.29, 1.82) is 0 Å². The van der Waals surface area contributed by atoms with E-state index in [1.165, 1.54) is 11.3 Å². The van der Waals surface area contributed by atoms with Gasteiger partial charge in [0, 0.05) is 5.69 Å². The van der Waals surface area contributed by atoms with Crippen molar-refractivity contribution in [2.75, 3.05) is 0 Å². The molecular weight excluding hydrogens is 416 g/mol. The Labute approximate surface area is 155 Å². The van der Waals surface area contributed by atoms with Gasteiger partial charge in [-0.05, 0) is 87.1 Å². The Balaban J connectivity index is 1.88. The van der Waals surface area contributed by atoms with E-state index in [1.54, 1.807) is 0 Å². The summed E-state index contributed by atoms with van der Waals surface area (Å²) in [4.78, 5) is 0. The number of halogens is 2. The molecule has 0 saturated heterocycles. The average Bonchev–Trinajstić information content (AvgIpc) is 2.86. The van der Waals surface area contributed by atoms with Crippen LogP contribution in [0.4, 0.5) is 0 Å². The second kappa shape index (κ2) is 6.21. The van der Waals surface area contributed by atoms with Crippen molar-refractivity contribution in [3.63, 3.8) is 0 Å². The van der Waals surface area contributed by atoms with Crippen LogP contribution in [0.15, 0.2) is 39.8 Å². The largest absolute Gasteiger partial charge is 0.238 e. The molecule has 0 unspecified atom stereocenters. The first kappa shape index (κ1) is 17.0. The van der Waals surface area contributed by atoms with Crippen molar-refractivity contribution in [3.8, 4) is 5.69 Å². The van der Waals surface area contributed by atoms with Gasteiger partial charge in [-0.1, -0.05) is 38.1 Å². The zero-order chi connectivity index (χ0) is 16.8. The summed E-state index contributed by atoms with van der Waals surface area (Å²) in [6.07, 6.45) is 3.38. The molecule has 0 aliphatic heterocycles. The third kappa shape index (κ3) is 3.20. The normalized spacial score (nSPS) is 22.0. The molecule has 2 atom stereocenters. The zero-order valence-corrected chi connectivity index (χ0v) is 17.1. The van der Waals surface area contributed by atoms with E-state index in [0.29, 0.717) is 17.3 Å². The lowest BCUT2D eigenvalue weighted by molar-refractivity contribution is 0.548. The summed E-state index contributed by atoms with van der Waals surface area (Å²) in [5.74, 6) is 1.27. The molecule has 122 valence electrons. The number of aromatic nitrogens is 2. The summed E-state index contributed by atoms with van der Waals surface area (Å²) in [5, 5.41) is 4.78. The van der Waals surface area contributed by atoms with Gasteiger partial charge in [-0.2, -0.15) is 5.10 Å². The van der Waals surface area contributed by atoms with E-state index in [9.17, 15) is 0 Å². The summed E-state index contributed by atoms with van der Waals surface area (Å²) in [7, 11) is 0. The quantitative estimate of drug-likeness (QED) is 0.579. The topological polar surface area (TPSA) is 17.8 Å². The number of hydrogen-bond donors (Lipinski definition) is 0. The van der Waals surface area contributed by atoms with Crippen LogP contribution in [0.3, 0.4) is 0 Å². The minimum atomic E-state index is 0.348. The van der Waals surface area contributed by atoms with Gasteiger partial charge < -0.3 is 0 Å². The first-order valence-corrected chi connectivity index (χ1v) is 9.54. The third-order valence-electron chi connectivity index (χ3n) is 5.31. The van der Waals surface area contributed by atoms with E-state index in [1.807, 2.05) is 6.07 Å². The number of rotatable bonds is 4. The molecule has 23 heavy (non-hydrogen) atoms. The van der Waals surface area contributed by atoms with E-state index in [-0.39, 0.29) is 0 Å². The van der Waals surface area contributed by atoms with Gasteiger partial charge in [0.2, 0.25) is 0 Å². The predicted octanol–water partition coefficient (Wildman–Crippen LogP) is 5.94. The molecule has 1 aliphatic rings. The highest BCUT2D eigenvalue weighted by Crippen LogP contribution is 2.61. The molecule has 0 radical (unpaired) electrons. The summed E-state index contributed by atoms with van der Waals surface area (Å²) in [5.41, 5.74) is 5.29. The number of nitrogens with zero attached hydrogens (tertiary/aromatic N) is 2. The van der Waals surface area contributed by atoms with Crippen LogP contribution in [-0.2, 0) is 6.42 Å². The Kier molecular flexibility index (Phi) is 4.58. The van der Waals surface area contributed by atoms with Gasteiger partial charge in [-0.3, -0.25) is 0 Å². The molecule has 0 spiro atoms. The molecule has 1 aliphatic carbocycles. The molecule has 1 aromatic carbocycles. The minimum Gasteiger partial charge on any atom is -0.238 e. The van der Waals surface area contributed by atoms with Crippen LogP contribution in [-0.4, -0.2) is 9.78 Å². The van der Waals surface area contributed by atoms with Crippen LogP contribution < -0.4 is 0 Å². The molecule has 2 nitrogen and oxygen atoms in total. The highest BCUT2D eigenvalue weighted by molar-refractivity contribution is 9.28. The second-order valence-electron chi connectivity index (χ2n) is 7.01. The van der Waals surface area contributed by atoms with Crippen LogP contribution in [0.2, 0.25) is 0 Å². The SMILES string of the molecule is Cc1nn(-c2ccccc2)c(C)c1C[C@@H]1[C@H](C=C(Br)Br)C1(C)C. The maximum absolute atomic E-state index is 4.78. The number of benzene rings is 1. The van der Waals surface area contributed by atoms with Gasteiger partial charge in [-0.15, -0.1) is 0 Å². The number of hydrogen-bond acceptors (Lipinski definition) is 1. The van der Waals surface area contributed by atoms with Crippen molar-refractivity contribution in [1.82, 2.24) is 9.78 Å². The molecule has 1 heterocycles. The fraction of sp³-hybridized carbons (Fsp3) is 0.421. The summed E-state index contributed by atoms with van der Waals surface area (Å²) in [6, 6.07) is 10.4. The first-order chi connectivity index (χ1) is 10.8. The molecule has 0 N–H and O–H groups in total. The minimum absolute atomic E-state index is 0.348. The Hall–Kier alpha value is -0.870. The molecule has 1 fully saturated rings. The van der Waals surface area contributed by atoms with E-state index in [2.05, 4.69) is 94.6 Å². The van der Waals surface area contributed by atoms with E-state index in [0.717, 1.165) is 21.2 Å². The maximum Gasteiger partial charge on any atom is 0.0648 e.